The fourth-order valence-electron chi connectivity index (χ4n) is 1.97. The maximum atomic E-state index is 5.02. The zero-order chi connectivity index (χ0) is 13.7. The highest BCUT2D eigenvalue weighted by Gasteiger charge is 2.11. The molecule has 104 valence electrons. The van der Waals surface area contributed by atoms with Crippen molar-refractivity contribution in [2.45, 2.75) is 20.0 Å². The molecule has 6 heteroatoms. The fraction of sp³-hybridized carbons (Fsp3) is 0.538. The molecule has 0 unspecified atom stereocenters. The minimum absolute atomic E-state index is 0.712. The van der Waals surface area contributed by atoms with Crippen LogP contribution in [0.1, 0.15) is 12.5 Å². The Morgan fingerprint density at radius 1 is 1.37 bits per heavy atom. The number of aromatic nitrogens is 4. The zero-order valence-corrected chi connectivity index (χ0v) is 11.8. The Morgan fingerprint density at radius 2 is 2.21 bits per heavy atom. The van der Waals surface area contributed by atoms with Gasteiger partial charge in [0.15, 0.2) is 0 Å². The lowest BCUT2D eigenvalue weighted by molar-refractivity contribution is 0.199. The van der Waals surface area contributed by atoms with E-state index in [2.05, 4.69) is 22.4 Å². The number of hydrogen-bond donors (Lipinski definition) is 1. The van der Waals surface area contributed by atoms with Gasteiger partial charge in [-0.1, -0.05) is 0 Å². The van der Waals surface area contributed by atoms with Crippen molar-refractivity contribution in [2.75, 3.05) is 20.3 Å². The van der Waals surface area contributed by atoms with Crippen molar-refractivity contribution in [1.29, 1.82) is 0 Å². The summed E-state index contributed by atoms with van der Waals surface area (Å²) in [5, 5.41) is 12.2. The highest BCUT2D eigenvalue weighted by molar-refractivity contribution is 5.60. The van der Waals surface area contributed by atoms with E-state index in [1.165, 1.54) is 5.56 Å². The summed E-state index contributed by atoms with van der Waals surface area (Å²) in [7, 11) is 3.64. The van der Waals surface area contributed by atoms with E-state index < -0.39 is 0 Å². The first-order valence-corrected chi connectivity index (χ1v) is 6.49. The van der Waals surface area contributed by atoms with Crippen LogP contribution < -0.4 is 5.32 Å². The summed E-state index contributed by atoms with van der Waals surface area (Å²) in [6, 6.07) is 0. The number of nitrogens with zero attached hydrogens (tertiary/aromatic N) is 4. The molecule has 0 aliphatic heterocycles. The lowest BCUT2D eigenvalue weighted by Gasteiger charge is -2.03. The molecule has 1 N–H and O–H groups in total. The third kappa shape index (κ3) is 3.42. The summed E-state index contributed by atoms with van der Waals surface area (Å²) in [4.78, 5) is 0. The maximum absolute atomic E-state index is 5.02. The van der Waals surface area contributed by atoms with Gasteiger partial charge in [0.2, 0.25) is 0 Å². The third-order valence-electron chi connectivity index (χ3n) is 2.93. The maximum Gasteiger partial charge on any atom is 0.0999 e. The molecule has 2 aromatic heterocycles. The molecule has 0 saturated heterocycles. The van der Waals surface area contributed by atoms with E-state index in [0.717, 1.165) is 30.9 Å². The molecule has 0 aliphatic rings. The summed E-state index contributed by atoms with van der Waals surface area (Å²) in [6.07, 6.45) is 5.93. The Morgan fingerprint density at radius 3 is 2.89 bits per heavy atom. The van der Waals surface area contributed by atoms with Crippen LogP contribution in [0, 0.1) is 0 Å². The van der Waals surface area contributed by atoms with E-state index in [9.17, 15) is 0 Å². The van der Waals surface area contributed by atoms with E-state index in [-0.39, 0.29) is 0 Å². The topological polar surface area (TPSA) is 56.9 Å². The van der Waals surface area contributed by atoms with Crippen molar-refractivity contribution in [3.63, 3.8) is 0 Å². The van der Waals surface area contributed by atoms with Crippen LogP contribution in [0.25, 0.3) is 11.3 Å². The Kier molecular flexibility index (Phi) is 4.70. The Hall–Kier alpha value is -1.66. The molecular formula is C13H21N5O. The van der Waals surface area contributed by atoms with E-state index >= 15 is 0 Å². The van der Waals surface area contributed by atoms with Crippen molar-refractivity contribution >= 4 is 0 Å². The predicted molar refractivity (Wildman–Crippen MR) is 73.7 cm³/mol. The summed E-state index contributed by atoms with van der Waals surface area (Å²) in [5.41, 5.74) is 3.23. The van der Waals surface area contributed by atoms with Crippen LogP contribution in [0.3, 0.4) is 0 Å². The minimum atomic E-state index is 0.712. The Labute approximate surface area is 113 Å². The lowest BCUT2D eigenvalue weighted by Crippen LogP contribution is -2.18. The number of methoxy groups -OCH3 is 1. The second kappa shape index (κ2) is 6.49. The molecular weight excluding hydrogens is 242 g/mol. The molecule has 0 spiro atoms. The number of hydrogen-bond acceptors (Lipinski definition) is 4. The normalized spacial score (nSPS) is 11.1. The number of nitrogens with one attached hydrogen (secondary N) is 1. The molecule has 6 nitrogen and oxygen atoms in total. The number of aryl methyl sites for hydroxylation is 2. The average Bonchev–Trinajstić information content (AvgIpc) is 3.01. The van der Waals surface area contributed by atoms with Crippen LogP contribution in [0.5, 0.6) is 0 Å². The van der Waals surface area contributed by atoms with Gasteiger partial charge in [0.1, 0.15) is 0 Å². The van der Waals surface area contributed by atoms with Gasteiger partial charge in [-0.2, -0.15) is 10.2 Å². The third-order valence-corrected chi connectivity index (χ3v) is 2.93. The Balaban J connectivity index is 2.11. The van der Waals surface area contributed by atoms with Crippen LogP contribution in [0.15, 0.2) is 18.6 Å². The van der Waals surface area contributed by atoms with Gasteiger partial charge in [-0.25, -0.2) is 0 Å². The smallest absolute Gasteiger partial charge is 0.0999 e. The quantitative estimate of drug-likeness (QED) is 0.758. The second-order valence-corrected chi connectivity index (χ2v) is 4.43. The molecule has 0 fully saturated rings. The van der Waals surface area contributed by atoms with Crippen molar-refractivity contribution in [3.05, 3.63) is 24.2 Å². The van der Waals surface area contributed by atoms with E-state index in [1.807, 2.05) is 35.0 Å². The van der Waals surface area contributed by atoms with E-state index in [4.69, 9.17) is 4.74 Å². The molecule has 0 aromatic carbocycles. The first-order valence-electron chi connectivity index (χ1n) is 6.49. The van der Waals surface area contributed by atoms with Gasteiger partial charge in [0.25, 0.3) is 0 Å². The van der Waals surface area contributed by atoms with Gasteiger partial charge in [-0.15, -0.1) is 0 Å². The SMILES string of the molecule is CCn1cc(-c2nn(C)cc2CNCCOC)cn1. The molecule has 0 amide bonds. The van der Waals surface area contributed by atoms with Gasteiger partial charge in [0, 0.05) is 57.3 Å². The van der Waals surface area contributed by atoms with Gasteiger partial charge in [-0.05, 0) is 6.92 Å². The predicted octanol–water partition coefficient (Wildman–Crippen LogP) is 1.04. The molecule has 0 aliphatic carbocycles. The van der Waals surface area contributed by atoms with Gasteiger partial charge >= 0.3 is 0 Å². The Bertz CT molecular complexity index is 517. The van der Waals surface area contributed by atoms with Crippen molar-refractivity contribution in [1.82, 2.24) is 24.9 Å². The van der Waals surface area contributed by atoms with Crippen LogP contribution in [0.4, 0.5) is 0 Å². The largest absolute Gasteiger partial charge is 0.383 e. The van der Waals surface area contributed by atoms with Crippen LogP contribution in [-0.2, 0) is 24.9 Å². The average molecular weight is 263 g/mol. The summed E-state index contributed by atoms with van der Waals surface area (Å²) in [6.45, 7) is 5.27. The van der Waals surface area contributed by atoms with Crippen molar-refractivity contribution < 1.29 is 4.74 Å². The number of ether oxygens (including phenoxy) is 1. The summed E-state index contributed by atoms with van der Waals surface area (Å²) in [5.74, 6) is 0. The van der Waals surface area contributed by atoms with Crippen LogP contribution >= 0.6 is 0 Å². The number of rotatable bonds is 7. The molecule has 2 aromatic rings. The van der Waals surface area contributed by atoms with E-state index in [1.54, 1.807) is 7.11 Å². The summed E-state index contributed by atoms with van der Waals surface area (Å²) < 4.78 is 8.77. The second-order valence-electron chi connectivity index (χ2n) is 4.43. The summed E-state index contributed by atoms with van der Waals surface area (Å²) >= 11 is 0. The first-order chi connectivity index (χ1) is 9.24. The lowest BCUT2D eigenvalue weighted by atomic mass is 10.1. The molecule has 2 heterocycles. The zero-order valence-electron chi connectivity index (χ0n) is 11.8. The molecule has 0 bridgehead atoms. The standard InChI is InChI=1S/C13H21N5O/c1-4-18-10-12(8-15-18)13-11(9-17(2)16-13)7-14-5-6-19-3/h8-10,14H,4-7H2,1-3H3. The van der Waals surface area contributed by atoms with Gasteiger partial charge in [-0.3, -0.25) is 9.36 Å². The molecule has 0 saturated carbocycles. The first kappa shape index (κ1) is 13.8. The molecule has 2 rings (SSSR count). The highest BCUT2D eigenvalue weighted by atomic mass is 16.5. The molecule has 0 radical (unpaired) electrons. The van der Waals surface area contributed by atoms with E-state index in [0.29, 0.717) is 6.61 Å². The van der Waals surface area contributed by atoms with Crippen molar-refractivity contribution in [3.8, 4) is 11.3 Å². The monoisotopic (exact) mass is 263 g/mol. The molecule has 19 heavy (non-hydrogen) atoms. The van der Waals surface area contributed by atoms with Crippen LogP contribution in [0.2, 0.25) is 0 Å². The highest BCUT2D eigenvalue weighted by Crippen LogP contribution is 2.21. The molecule has 0 atom stereocenters. The van der Waals surface area contributed by atoms with Gasteiger partial charge < -0.3 is 10.1 Å². The minimum Gasteiger partial charge on any atom is -0.383 e. The van der Waals surface area contributed by atoms with Gasteiger partial charge in [0.05, 0.1) is 18.5 Å². The fourth-order valence-corrected chi connectivity index (χ4v) is 1.97. The van der Waals surface area contributed by atoms with Crippen LogP contribution in [-0.4, -0.2) is 39.8 Å². The van der Waals surface area contributed by atoms with Crippen molar-refractivity contribution in [2.24, 2.45) is 7.05 Å².